The summed E-state index contributed by atoms with van der Waals surface area (Å²) in [6.45, 7) is 3.69. The van der Waals surface area contributed by atoms with Gasteiger partial charge in [0.2, 0.25) is 5.75 Å². The quantitative estimate of drug-likeness (QED) is 0.419. The fourth-order valence-corrected chi connectivity index (χ4v) is 2.50. The van der Waals surface area contributed by atoms with E-state index in [-0.39, 0.29) is 11.4 Å². The maximum Gasteiger partial charge on any atom is 0.336 e. The van der Waals surface area contributed by atoms with E-state index in [1.165, 1.54) is 19.4 Å². The number of carbonyl (C=O) groups is 1. The van der Waals surface area contributed by atoms with Gasteiger partial charge in [0.1, 0.15) is 0 Å². The maximum absolute atomic E-state index is 12.6. The summed E-state index contributed by atoms with van der Waals surface area (Å²) in [5.41, 5.74) is 1.39. The fraction of sp³-hybridized carbons (Fsp3) is 0.176. The summed E-state index contributed by atoms with van der Waals surface area (Å²) in [4.78, 5) is 24.1. The maximum atomic E-state index is 12.6. The number of ether oxygens (including phenoxy) is 1. The van der Waals surface area contributed by atoms with Gasteiger partial charge >= 0.3 is 5.63 Å². The van der Waals surface area contributed by atoms with Gasteiger partial charge in [0.15, 0.2) is 16.9 Å². The zero-order valence-electron chi connectivity index (χ0n) is 12.4. The first-order chi connectivity index (χ1) is 10.5. The van der Waals surface area contributed by atoms with Gasteiger partial charge in [0, 0.05) is 22.4 Å². The van der Waals surface area contributed by atoms with Crippen LogP contribution < -0.4 is 10.4 Å². The van der Waals surface area contributed by atoms with E-state index in [1.807, 2.05) is 13.8 Å². The molecule has 0 unspecified atom stereocenters. The summed E-state index contributed by atoms with van der Waals surface area (Å²) in [5, 5.41) is 1.15. The molecule has 3 aromatic rings. The zero-order chi connectivity index (χ0) is 15.9. The zero-order valence-corrected chi connectivity index (χ0v) is 12.4. The molecule has 0 N–H and O–H groups in total. The van der Waals surface area contributed by atoms with Crippen LogP contribution in [-0.2, 0) is 0 Å². The van der Waals surface area contributed by atoms with Gasteiger partial charge in [-0.25, -0.2) is 4.79 Å². The van der Waals surface area contributed by atoms with Crippen molar-refractivity contribution in [3.8, 4) is 5.75 Å². The van der Waals surface area contributed by atoms with Crippen molar-refractivity contribution in [1.82, 2.24) is 0 Å². The Morgan fingerprint density at radius 3 is 2.55 bits per heavy atom. The summed E-state index contributed by atoms with van der Waals surface area (Å²) in [5.74, 6) is 0.134. The van der Waals surface area contributed by atoms with Crippen LogP contribution in [0.25, 0.3) is 21.9 Å². The molecule has 2 aromatic heterocycles. The molecular formula is C17H14O5. The van der Waals surface area contributed by atoms with Crippen LogP contribution in [-0.4, -0.2) is 12.9 Å². The number of hydrogen-bond acceptors (Lipinski definition) is 5. The van der Waals surface area contributed by atoms with Crippen molar-refractivity contribution in [2.45, 2.75) is 13.8 Å². The topological polar surface area (TPSA) is 69.7 Å². The van der Waals surface area contributed by atoms with Crippen LogP contribution in [0.3, 0.4) is 0 Å². The number of methoxy groups -OCH3 is 1. The Kier molecular flexibility index (Phi) is 3.33. The number of benzene rings is 1. The molecular weight excluding hydrogens is 284 g/mol. The van der Waals surface area contributed by atoms with Crippen molar-refractivity contribution < 1.29 is 18.4 Å². The monoisotopic (exact) mass is 298 g/mol. The summed E-state index contributed by atoms with van der Waals surface area (Å²) in [6.07, 6.45) is 3.02. The molecule has 5 heteroatoms. The van der Waals surface area contributed by atoms with Crippen molar-refractivity contribution in [2.24, 2.45) is 0 Å². The molecule has 1 aromatic carbocycles. The van der Waals surface area contributed by atoms with E-state index in [2.05, 4.69) is 0 Å². The predicted molar refractivity (Wildman–Crippen MR) is 82.6 cm³/mol. The number of rotatable bonds is 3. The second-order valence-corrected chi connectivity index (χ2v) is 5.15. The van der Waals surface area contributed by atoms with Gasteiger partial charge in [0.05, 0.1) is 13.4 Å². The molecule has 0 saturated carbocycles. The second kappa shape index (κ2) is 5.18. The average molecular weight is 298 g/mol. The number of carbonyl (C=O) groups excluding carboxylic acids is 1. The normalized spacial score (nSPS) is 10.9. The molecule has 0 aliphatic heterocycles. The van der Waals surface area contributed by atoms with Gasteiger partial charge in [-0.15, -0.1) is 0 Å². The van der Waals surface area contributed by atoms with Crippen molar-refractivity contribution in [3.05, 3.63) is 52.1 Å². The minimum atomic E-state index is -0.516. The minimum absolute atomic E-state index is 0.173. The first-order valence-corrected chi connectivity index (χ1v) is 6.73. The lowest BCUT2D eigenvalue weighted by Gasteiger charge is -2.09. The Morgan fingerprint density at radius 2 is 1.86 bits per heavy atom. The summed E-state index contributed by atoms with van der Waals surface area (Å²) in [6, 6.07) is 4.56. The van der Waals surface area contributed by atoms with Crippen molar-refractivity contribution in [2.75, 3.05) is 7.11 Å². The molecule has 0 fully saturated rings. The lowest BCUT2D eigenvalue weighted by molar-refractivity contribution is 0.104. The van der Waals surface area contributed by atoms with Crippen molar-refractivity contribution in [1.29, 1.82) is 0 Å². The molecule has 0 amide bonds. The second-order valence-electron chi connectivity index (χ2n) is 5.15. The third-order valence-corrected chi connectivity index (χ3v) is 3.32. The summed E-state index contributed by atoms with van der Waals surface area (Å²) in [7, 11) is 1.46. The molecule has 0 saturated heterocycles. The van der Waals surface area contributed by atoms with Crippen LogP contribution in [0.4, 0.5) is 0 Å². The van der Waals surface area contributed by atoms with Crippen molar-refractivity contribution >= 4 is 27.7 Å². The van der Waals surface area contributed by atoms with E-state index in [1.54, 1.807) is 18.2 Å². The molecule has 2 heterocycles. The fourth-order valence-electron chi connectivity index (χ4n) is 2.50. The molecule has 0 aliphatic carbocycles. The molecule has 3 rings (SSSR count). The van der Waals surface area contributed by atoms with Gasteiger partial charge in [-0.2, -0.15) is 0 Å². The molecule has 5 nitrogen and oxygen atoms in total. The highest BCUT2D eigenvalue weighted by molar-refractivity contribution is 6.22. The number of fused-ring (bicyclic) bond motifs is 2. The first-order valence-electron chi connectivity index (χ1n) is 6.73. The third kappa shape index (κ3) is 2.11. The number of hydrogen-bond donors (Lipinski definition) is 0. The standard InChI is InChI=1S/C17H14O5/c1-9(2)8-12(18)14-10-4-5-13(19)22-16(10)17(20-3)15-11(14)6-7-21-15/h4-8H,1-3H3. The van der Waals surface area contributed by atoms with Gasteiger partial charge in [-0.05, 0) is 32.1 Å². The highest BCUT2D eigenvalue weighted by Gasteiger charge is 2.22. The molecule has 112 valence electrons. The van der Waals surface area contributed by atoms with Crippen LogP contribution in [0.5, 0.6) is 5.75 Å². The van der Waals surface area contributed by atoms with Crippen molar-refractivity contribution in [3.63, 3.8) is 0 Å². The number of allylic oxidation sites excluding steroid dienone is 2. The third-order valence-electron chi connectivity index (χ3n) is 3.32. The van der Waals surface area contributed by atoms with Crippen LogP contribution in [0.2, 0.25) is 0 Å². The summed E-state index contributed by atoms with van der Waals surface area (Å²) >= 11 is 0. The van der Waals surface area contributed by atoms with Gasteiger partial charge in [-0.3, -0.25) is 4.79 Å². The van der Waals surface area contributed by atoms with Crippen LogP contribution in [0.1, 0.15) is 24.2 Å². The molecule has 22 heavy (non-hydrogen) atoms. The van der Waals surface area contributed by atoms with E-state index in [4.69, 9.17) is 13.6 Å². The molecule has 0 radical (unpaired) electrons. The van der Waals surface area contributed by atoms with Crippen LogP contribution in [0.15, 0.2) is 49.7 Å². The lowest BCUT2D eigenvalue weighted by atomic mass is 9.99. The highest BCUT2D eigenvalue weighted by atomic mass is 16.5. The van der Waals surface area contributed by atoms with Gasteiger partial charge in [-0.1, -0.05) is 5.57 Å². The lowest BCUT2D eigenvalue weighted by Crippen LogP contribution is -2.03. The van der Waals surface area contributed by atoms with E-state index in [0.717, 1.165) is 5.57 Å². The van der Waals surface area contributed by atoms with E-state index in [9.17, 15) is 9.59 Å². The summed E-state index contributed by atoms with van der Waals surface area (Å²) < 4.78 is 16.0. The first kappa shape index (κ1) is 14.1. The molecule has 0 bridgehead atoms. The average Bonchev–Trinajstić information content (AvgIpc) is 2.92. The molecule has 0 aliphatic rings. The molecule has 0 atom stereocenters. The molecule has 0 spiro atoms. The van der Waals surface area contributed by atoms with Gasteiger partial charge < -0.3 is 13.6 Å². The smallest absolute Gasteiger partial charge is 0.336 e. The van der Waals surface area contributed by atoms with Crippen LogP contribution in [0, 0.1) is 0 Å². The van der Waals surface area contributed by atoms with E-state index in [0.29, 0.717) is 27.7 Å². The van der Waals surface area contributed by atoms with E-state index >= 15 is 0 Å². The number of furan rings is 1. The Balaban J connectivity index is 2.53. The Bertz CT molecular complexity index is 968. The van der Waals surface area contributed by atoms with Crippen LogP contribution >= 0.6 is 0 Å². The number of ketones is 1. The Hall–Kier alpha value is -2.82. The Labute approximate surface area is 125 Å². The van der Waals surface area contributed by atoms with E-state index < -0.39 is 5.63 Å². The predicted octanol–water partition coefficient (Wildman–Crippen LogP) is 3.70. The minimum Gasteiger partial charge on any atom is -0.490 e. The largest absolute Gasteiger partial charge is 0.490 e. The highest BCUT2D eigenvalue weighted by Crippen LogP contribution is 2.38. The SMILES string of the molecule is COc1c2occc2c(C(=O)C=C(C)C)c2ccc(=O)oc12. The Morgan fingerprint density at radius 1 is 1.14 bits per heavy atom. The van der Waals surface area contributed by atoms with Gasteiger partial charge in [0.25, 0.3) is 0 Å².